The molecule has 11 heavy (non-hydrogen) atoms. The number of halogens is 1. The molecular formula is C9H10ClO. The summed E-state index contributed by atoms with van der Waals surface area (Å²) in [4.78, 5) is 0. The smallest absolute Gasteiger partial charge is 0.134 e. The summed E-state index contributed by atoms with van der Waals surface area (Å²) in [6.07, 6.45) is 0. The molecule has 0 saturated carbocycles. The molecule has 0 saturated heterocycles. The molecule has 1 aromatic carbocycles. The van der Waals surface area contributed by atoms with Crippen molar-refractivity contribution in [1.29, 1.82) is 0 Å². The zero-order chi connectivity index (χ0) is 8.43. The van der Waals surface area contributed by atoms with E-state index in [9.17, 15) is 5.11 Å². The Labute approximate surface area is 71.6 Å². The van der Waals surface area contributed by atoms with Gasteiger partial charge in [0.05, 0.1) is 5.02 Å². The molecule has 0 heterocycles. The second kappa shape index (κ2) is 3.14. The van der Waals surface area contributed by atoms with Crippen molar-refractivity contribution < 1.29 is 5.11 Å². The average molecular weight is 170 g/mol. The van der Waals surface area contributed by atoms with E-state index in [1.807, 2.05) is 13.0 Å². The first-order valence-corrected chi connectivity index (χ1v) is 3.81. The maximum absolute atomic E-state index is 9.19. The quantitative estimate of drug-likeness (QED) is 0.686. The molecule has 0 aliphatic rings. The van der Waals surface area contributed by atoms with Gasteiger partial charge >= 0.3 is 0 Å². The lowest BCUT2D eigenvalue weighted by Crippen LogP contribution is -1.88. The van der Waals surface area contributed by atoms with Gasteiger partial charge in [0.2, 0.25) is 0 Å². The van der Waals surface area contributed by atoms with Gasteiger partial charge in [-0.15, -0.1) is 0 Å². The van der Waals surface area contributed by atoms with E-state index in [2.05, 4.69) is 6.92 Å². The zero-order valence-corrected chi connectivity index (χ0v) is 7.10. The number of benzene rings is 1. The van der Waals surface area contributed by atoms with Gasteiger partial charge < -0.3 is 5.11 Å². The van der Waals surface area contributed by atoms with Crippen LogP contribution in [0.5, 0.6) is 5.75 Å². The van der Waals surface area contributed by atoms with Gasteiger partial charge in [-0.3, -0.25) is 0 Å². The van der Waals surface area contributed by atoms with Gasteiger partial charge in [-0.1, -0.05) is 30.7 Å². The number of aromatic hydroxyl groups is 1. The van der Waals surface area contributed by atoms with Crippen LogP contribution in [0, 0.1) is 6.92 Å². The third-order valence-corrected chi connectivity index (χ3v) is 1.95. The van der Waals surface area contributed by atoms with Crippen molar-refractivity contribution in [3.8, 4) is 5.75 Å². The number of hydrogen-bond acceptors (Lipinski definition) is 1. The molecule has 59 valence electrons. The highest BCUT2D eigenvalue weighted by Gasteiger charge is 2.07. The molecule has 1 nitrogen and oxygen atoms in total. The van der Waals surface area contributed by atoms with Crippen LogP contribution in [0.15, 0.2) is 18.2 Å². The van der Waals surface area contributed by atoms with Crippen LogP contribution in [0.25, 0.3) is 0 Å². The fraction of sp³-hybridized carbons (Fsp3) is 0.222. The van der Waals surface area contributed by atoms with Crippen molar-refractivity contribution in [1.82, 2.24) is 0 Å². The van der Waals surface area contributed by atoms with Crippen LogP contribution >= 0.6 is 11.6 Å². The van der Waals surface area contributed by atoms with Gasteiger partial charge in [0, 0.05) is 0 Å². The molecule has 1 N–H and O–H groups in total. The molecule has 0 aromatic heterocycles. The Hall–Kier alpha value is -0.690. The molecule has 2 heteroatoms. The number of phenolic OH excluding ortho intramolecular Hbond substituents is 1. The third-order valence-electron chi connectivity index (χ3n) is 1.54. The van der Waals surface area contributed by atoms with Crippen LogP contribution in [0.1, 0.15) is 18.4 Å². The van der Waals surface area contributed by atoms with Crippen molar-refractivity contribution in [3.63, 3.8) is 0 Å². The Kier molecular flexibility index (Phi) is 2.40. The van der Waals surface area contributed by atoms with Gasteiger partial charge in [0.25, 0.3) is 0 Å². The maximum Gasteiger partial charge on any atom is 0.134 e. The van der Waals surface area contributed by atoms with Crippen molar-refractivity contribution in [2.24, 2.45) is 0 Å². The average Bonchev–Trinajstić information content (AvgIpc) is 1.94. The Morgan fingerprint density at radius 1 is 1.55 bits per heavy atom. The lowest BCUT2D eigenvalue weighted by Gasteiger charge is -2.07. The van der Waals surface area contributed by atoms with Gasteiger partial charge in [-0.05, 0) is 24.5 Å². The van der Waals surface area contributed by atoms with E-state index < -0.39 is 0 Å². The standard InChI is InChI=1S/C9H10ClO/c1-6(2)7-4-3-5-8(11)9(7)10/h3-6,11H,1H2,2H3. The van der Waals surface area contributed by atoms with E-state index in [0.717, 1.165) is 5.56 Å². The molecule has 0 aliphatic carbocycles. The first-order chi connectivity index (χ1) is 5.13. The summed E-state index contributed by atoms with van der Waals surface area (Å²) in [6, 6.07) is 5.19. The predicted molar refractivity (Wildman–Crippen MR) is 46.9 cm³/mol. The zero-order valence-electron chi connectivity index (χ0n) is 6.34. The molecule has 0 aliphatic heterocycles. The van der Waals surface area contributed by atoms with Crippen LogP contribution in [0.3, 0.4) is 0 Å². The maximum atomic E-state index is 9.19. The molecule has 0 amide bonds. The third kappa shape index (κ3) is 1.66. The van der Waals surface area contributed by atoms with Crippen LogP contribution in [0.2, 0.25) is 5.02 Å². The Morgan fingerprint density at radius 2 is 2.18 bits per heavy atom. The summed E-state index contributed by atoms with van der Waals surface area (Å²) in [5, 5.41) is 9.60. The summed E-state index contributed by atoms with van der Waals surface area (Å²) in [5.41, 5.74) is 0.881. The molecule has 1 aromatic rings. The van der Waals surface area contributed by atoms with E-state index in [0.29, 0.717) is 5.02 Å². The molecule has 1 radical (unpaired) electrons. The summed E-state index contributed by atoms with van der Waals surface area (Å²) in [5.74, 6) is 0.231. The minimum atomic E-state index is 0.106. The largest absolute Gasteiger partial charge is 0.506 e. The summed E-state index contributed by atoms with van der Waals surface area (Å²) >= 11 is 5.80. The fourth-order valence-electron chi connectivity index (χ4n) is 0.918. The number of rotatable bonds is 1. The highest BCUT2D eigenvalue weighted by Crippen LogP contribution is 2.30. The molecule has 0 fully saturated rings. The van der Waals surface area contributed by atoms with Gasteiger partial charge in [-0.2, -0.15) is 0 Å². The van der Waals surface area contributed by atoms with E-state index in [1.54, 1.807) is 12.1 Å². The number of hydrogen-bond donors (Lipinski definition) is 1. The molecule has 1 unspecified atom stereocenters. The van der Waals surface area contributed by atoms with Crippen molar-refractivity contribution in [2.45, 2.75) is 12.8 Å². The summed E-state index contributed by atoms with van der Waals surface area (Å²) in [7, 11) is 0. The highest BCUT2D eigenvalue weighted by atomic mass is 35.5. The number of phenols is 1. The molecule has 0 bridgehead atoms. The topological polar surface area (TPSA) is 20.2 Å². The lowest BCUT2D eigenvalue weighted by atomic mass is 10.0. The molecule has 1 atom stereocenters. The second-order valence-electron chi connectivity index (χ2n) is 2.58. The van der Waals surface area contributed by atoms with E-state index in [4.69, 9.17) is 11.6 Å². The SMILES string of the molecule is [CH2]C(C)c1cccc(O)c1Cl. The Bertz CT molecular complexity index is 256. The van der Waals surface area contributed by atoms with Crippen LogP contribution in [-0.2, 0) is 0 Å². The highest BCUT2D eigenvalue weighted by molar-refractivity contribution is 6.32. The predicted octanol–water partition coefficient (Wildman–Crippen LogP) is 2.98. The molecular weight excluding hydrogens is 160 g/mol. The minimum absolute atomic E-state index is 0.106. The lowest BCUT2D eigenvalue weighted by molar-refractivity contribution is 0.474. The normalized spacial score (nSPS) is 10.5. The van der Waals surface area contributed by atoms with Crippen molar-refractivity contribution in [3.05, 3.63) is 35.7 Å². The van der Waals surface area contributed by atoms with Crippen LogP contribution in [-0.4, -0.2) is 5.11 Å². The van der Waals surface area contributed by atoms with Crippen molar-refractivity contribution >= 4 is 11.6 Å². The first kappa shape index (κ1) is 8.41. The monoisotopic (exact) mass is 169 g/mol. The van der Waals surface area contributed by atoms with Gasteiger partial charge in [-0.25, -0.2) is 0 Å². The van der Waals surface area contributed by atoms with Gasteiger partial charge in [0.1, 0.15) is 5.75 Å². The molecule has 0 spiro atoms. The molecule has 1 rings (SSSR count). The van der Waals surface area contributed by atoms with E-state index >= 15 is 0 Å². The minimum Gasteiger partial charge on any atom is -0.506 e. The van der Waals surface area contributed by atoms with Crippen LogP contribution in [0.4, 0.5) is 0 Å². The van der Waals surface area contributed by atoms with Crippen molar-refractivity contribution in [2.75, 3.05) is 0 Å². The van der Waals surface area contributed by atoms with E-state index in [-0.39, 0.29) is 11.7 Å². The van der Waals surface area contributed by atoms with Gasteiger partial charge in [0.15, 0.2) is 0 Å². The van der Waals surface area contributed by atoms with E-state index in [1.165, 1.54) is 0 Å². The summed E-state index contributed by atoms with van der Waals surface area (Å²) in [6.45, 7) is 5.75. The second-order valence-corrected chi connectivity index (χ2v) is 2.96. The van der Waals surface area contributed by atoms with Crippen LogP contribution < -0.4 is 0 Å². The Morgan fingerprint density at radius 3 is 2.64 bits per heavy atom. The fourth-order valence-corrected chi connectivity index (χ4v) is 1.23. The summed E-state index contributed by atoms with van der Waals surface area (Å²) < 4.78 is 0. The Balaban J connectivity index is 3.17. The first-order valence-electron chi connectivity index (χ1n) is 3.43.